The third-order valence-electron chi connectivity index (χ3n) is 10.5. The first kappa shape index (κ1) is 42.4. The molecule has 2 heterocycles. The van der Waals surface area contributed by atoms with E-state index in [0.29, 0.717) is 48.6 Å². The molecule has 2 aliphatic rings. The van der Waals surface area contributed by atoms with Gasteiger partial charge in [-0.25, -0.2) is 24.4 Å². The number of anilines is 3. The lowest BCUT2D eigenvalue weighted by molar-refractivity contribution is 0.0638. The van der Waals surface area contributed by atoms with E-state index in [1.165, 1.54) is 12.1 Å². The highest BCUT2D eigenvalue weighted by Gasteiger charge is 2.43. The Morgan fingerprint density at radius 1 is 0.632 bits per heavy atom. The van der Waals surface area contributed by atoms with Gasteiger partial charge in [0.15, 0.2) is 0 Å². The summed E-state index contributed by atoms with van der Waals surface area (Å²) in [5.41, 5.74) is 0.393. The van der Waals surface area contributed by atoms with Crippen LogP contribution in [0, 0.1) is 35.5 Å². The van der Waals surface area contributed by atoms with Gasteiger partial charge in [0.05, 0.1) is 0 Å². The van der Waals surface area contributed by atoms with Crippen molar-refractivity contribution in [2.75, 3.05) is 29.0 Å². The quantitative estimate of drug-likeness (QED) is 0.133. The first-order chi connectivity index (χ1) is 26.6. The van der Waals surface area contributed by atoms with E-state index in [9.17, 15) is 28.8 Å². The Kier molecular flexibility index (Phi) is 12.5. The van der Waals surface area contributed by atoms with E-state index < -0.39 is 12.1 Å². The molecule has 0 bridgehead atoms. The van der Waals surface area contributed by atoms with Gasteiger partial charge in [-0.05, 0) is 98.3 Å². The maximum atomic E-state index is 13.4. The minimum absolute atomic E-state index is 0.0693. The average molecular weight is 788 g/mol. The molecule has 5 rings (SSSR count). The number of rotatable bonds is 10. The lowest BCUT2D eigenvalue weighted by atomic mass is 9.62. The Morgan fingerprint density at radius 2 is 1.07 bits per heavy atom. The van der Waals surface area contributed by atoms with E-state index in [2.05, 4.69) is 98.7 Å². The van der Waals surface area contributed by atoms with Crippen molar-refractivity contribution in [1.29, 1.82) is 0 Å². The highest BCUT2D eigenvalue weighted by molar-refractivity contribution is 5.96. The summed E-state index contributed by atoms with van der Waals surface area (Å²) in [5, 5.41) is 20.1. The normalized spacial score (nSPS) is 23.6. The van der Waals surface area contributed by atoms with Gasteiger partial charge in [-0.3, -0.25) is 35.0 Å². The van der Waals surface area contributed by atoms with Gasteiger partial charge in [0.2, 0.25) is 11.9 Å². The van der Waals surface area contributed by atoms with Crippen molar-refractivity contribution in [1.82, 2.24) is 41.2 Å². The van der Waals surface area contributed by atoms with Gasteiger partial charge in [0, 0.05) is 59.9 Å². The standard InChI is InChI=1S/C40H57N11O6/c1-23-13-29(52)48-32(43-23)50-34(55)41-21-39(7)17-27(15-37(3,4)19-39)45-31(54)25-9-11-26(12-10-25)46-36(57)47-28-16-38(5,6)20-40(8,18-28)22-42-35(56)51-33-44-24(2)14-30(53)49-33/h9-14,27-28H,15-22H2,1-8H3,(H,45,54)(H2,46,47,57)(H3,41,43,48,50,52,55)(H3,42,44,49,51,53,56). The van der Waals surface area contributed by atoms with Crippen LogP contribution in [0.1, 0.15) is 102 Å². The fraction of sp³-hybridized carbons (Fsp3) is 0.550. The number of hydrogen-bond donors (Lipinski definition) is 9. The third-order valence-corrected chi connectivity index (χ3v) is 10.5. The average Bonchev–Trinajstić information content (AvgIpc) is 3.04. The molecule has 7 amide bonds. The van der Waals surface area contributed by atoms with Gasteiger partial charge >= 0.3 is 18.1 Å². The lowest BCUT2D eigenvalue weighted by Gasteiger charge is -2.47. The number of urea groups is 3. The van der Waals surface area contributed by atoms with E-state index in [4.69, 9.17) is 0 Å². The monoisotopic (exact) mass is 787 g/mol. The number of benzene rings is 1. The number of H-pyrrole nitrogens is 2. The number of aromatic amines is 2. The molecule has 2 aliphatic carbocycles. The maximum absolute atomic E-state index is 13.4. The smallest absolute Gasteiger partial charge is 0.321 e. The summed E-state index contributed by atoms with van der Waals surface area (Å²) < 4.78 is 0. The van der Waals surface area contributed by atoms with E-state index in [-0.39, 0.29) is 68.7 Å². The molecule has 0 aliphatic heterocycles. The summed E-state index contributed by atoms with van der Waals surface area (Å²) in [6, 6.07) is 7.78. The molecule has 308 valence electrons. The lowest BCUT2D eigenvalue weighted by Crippen LogP contribution is -2.51. The van der Waals surface area contributed by atoms with Gasteiger partial charge in [0.1, 0.15) is 0 Å². The summed E-state index contributed by atoms with van der Waals surface area (Å²) >= 11 is 0. The van der Waals surface area contributed by atoms with E-state index in [1.54, 1.807) is 38.1 Å². The Bertz CT molecular complexity index is 2100. The predicted molar refractivity (Wildman–Crippen MR) is 218 cm³/mol. The molecule has 0 radical (unpaired) electrons. The van der Waals surface area contributed by atoms with Crippen molar-refractivity contribution in [2.45, 2.75) is 106 Å². The molecule has 4 atom stereocenters. The number of aromatic nitrogens is 4. The van der Waals surface area contributed by atoms with E-state index in [0.717, 1.165) is 25.7 Å². The number of amides is 7. The summed E-state index contributed by atoms with van der Waals surface area (Å²) in [6.45, 7) is 16.8. The van der Waals surface area contributed by atoms with Crippen molar-refractivity contribution in [3.63, 3.8) is 0 Å². The first-order valence-electron chi connectivity index (χ1n) is 19.3. The topological polar surface area (TPSA) is 244 Å². The number of carbonyl (C=O) groups excluding carboxylic acids is 4. The van der Waals surface area contributed by atoms with Crippen molar-refractivity contribution < 1.29 is 19.2 Å². The largest absolute Gasteiger partial charge is 0.349 e. The maximum Gasteiger partial charge on any atom is 0.321 e. The molecule has 1 aromatic carbocycles. The minimum atomic E-state index is -0.485. The third kappa shape index (κ3) is 12.6. The molecular weight excluding hydrogens is 731 g/mol. The molecule has 2 saturated carbocycles. The molecule has 0 saturated heterocycles. The van der Waals surface area contributed by atoms with Gasteiger partial charge in [0.25, 0.3) is 17.0 Å². The van der Waals surface area contributed by atoms with Crippen LogP contribution in [0.3, 0.4) is 0 Å². The van der Waals surface area contributed by atoms with Crippen molar-refractivity contribution >= 4 is 41.6 Å². The Hall–Kier alpha value is -5.74. The molecule has 17 nitrogen and oxygen atoms in total. The van der Waals surface area contributed by atoms with Crippen molar-refractivity contribution in [3.8, 4) is 0 Å². The Labute approximate surface area is 332 Å². The van der Waals surface area contributed by atoms with Crippen LogP contribution < -0.4 is 48.3 Å². The zero-order valence-corrected chi connectivity index (χ0v) is 34.1. The Balaban J connectivity index is 1.11. The Morgan fingerprint density at radius 3 is 1.51 bits per heavy atom. The number of aryl methyl sites for hydroxylation is 2. The second kappa shape index (κ2) is 16.8. The van der Waals surface area contributed by atoms with Gasteiger partial charge < -0.3 is 26.6 Å². The fourth-order valence-electron chi connectivity index (χ4n) is 9.23. The summed E-state index contributed by atoms with van der Waals surface area (Å²) in [6.07, 6.45) is 4.46. The molecule has 4 unspecified atom stereocenters. The second-order valence-electron chi connectivity index (χ2n) is 18.2. The van der Waals surface area contributed by atoms with E-state index in [1.807, 2.05) is 0 Å². The SMILES string of the molecule is Cc1cc(=O)[nH]c(NC(=O)NCC2(C)CC(NC(=O)Nc3ccc(C(=O)NC4CC(C)(C)CC(C)(CNC(=O)Nc5nc(C)cc(=O)[nH]5)C4)cc3)CC(C)(C)C2)n1. The predicted octanol–water partition coefficient (Wildman–Crippen LogP) is 5.13. The number of nitrogens with one attached hydrogen (secondary N) is 9. The van der Waals surface area contributed by atoms with Crippen LogP contribution in [0.2, 0.25) is 0 Å². The fourth-order valence-corrected chi connectivity index (χ4v) is 9.23. The number of carbonyl (C=O) groups is 4. The minimum Gasteiger partial charge on any atom is -0.349 e. The molecule has 57 heavy (non-hydrogen) atoms. The molecule has 2 fully saturated rings. The van der Waals surface area contributed by atoms with Gasteiger partial charge in [-0.1, -0.05) is 41.5 Å². The van der Waals surface area contributed by atoms with Gasteiger partial charge in [-0.15, -0.1) is 0 Å². The summed E-state index contributed by atoms with van der Waals surface area (Å²) in [7, 11) is 0. The van der Waals surface area contributed by atoms with Crippen LogP contribution in [0.25, 0.3) is 0 Å². The van der Waals surface area contributed by atoms with Crippen molar-refractivity contribution in [2.24, 2.45) is 21.7 Å². The molecule has 2 aromatic heterocycles. The van der Waals surface area contributed by atoms with Gasteiger partial charge in [-0.2, -0.15) is 0 Å². The first-order valence-corrected chi connectivity index (χ1v) is 19.3. The van der Waals surface area contributed by atoms with Crippen LogP contribution in [0.5, 0.6) is 0 Å². The van der Waals surface area contributed by atoms with Crippen LogP contribution in [-0.2, 0) is 0 Å². The zero-order chi connectivity index (χ0) is 41.8. The summed E-state index contributed by atoms with van der Waals surface area (Å²) in [4.78, 5) is 88.7. The highest BCUT2D eigenvalue weighted by atomic mass is 16.2. The highest BCUT2D eigenvalue weighted by Crippen LogP contribution is 2.47. The zero-order valence-electron chi connectivity index (χ0n) is 34.1. The summed E-state index contributed by atoms with van der Waals surface area (Å²) in [5.74, 6) is -0.0902. The molecule has 17 heteroatoms. The molecular formula is C40H57N11O6. The van der Waals surface area contributed by atoms with Crippen LogP contribution >= 0.6 is 0 Å². The van der Waals surface area contributed by atoms with Crippen molar-refractivity contribution in [3.05, 3.63) is 74.1 Å². The van der Waals surface area contributed by atoms with Crippen LogP contribution in [0.4, 0.5) is 32.0 Å². The second-order valence-corrected chi connectivity index (χ2v) is 18.2. The molecule has 9 N–H and O–H groups in total. The van der Waals surface area contributed by atoms with E-state index >= 15 is 0 Å². The molecule has 0 spiro atoms. The van der Waals surface area contributed by atoms with Crippen LogP contribution in [0.15, 0.2) is 46.0 Å². The number of hydrogen-bond acceptors (Lipinski definition) is 8. The van der Waals surface area contributed by atoms with Crippen LogP contribution in [-0.4, -0.2) is 69.1 Å². The molecule has 3 aromatic rings. The number of nitrogens with zero attached hydrogens (tertiary/aromatic N) is 2.